The number of rotatable bonds is 2. The second-order valence-electron chi connectivity index (χ2n) is 5.23. The fraction of sp³-hybridized carbons (Fsp3) is 0.714. The first-order valence-corrected chi connectivity index (χ1v) is 6.36. The lowest BCUT2D eigenvalue weighted by Crippen LogP contribution is -2.23. The number of allylic oxidation sites excluding steroid dienone is 4. The summed E-state index contributed by atoms with van der Waals surface area (Å²) in [5, 5.41) is 0. The first kappa shape index (κ1) is 11.8. The average Bonchev–Trinajstić information content (AvgIpc) is 2.30. The highest BCUT2D eigenvalue weighted by Crippen LogP contribution is 2.39. The average molecular weight is 226 g/mol. The van der Waals surface area contributed by atoms with Gasteiger partial charge in [-0.05, 0) is 56.3 Å². The van der Waals surface area contributed by atoms with E-state index in [1.165, 1.54) is 0 Å². The largest absolute Gasteiger partial charge is 0.212 e. The quantitative estimate of drug-likeness (QED) is 0.626. The molecule has 0 fully saturated rings. The van der Waals surface area contributed by atoms with Crippen molar-refractivity contribution in [2.75, 3.05) is 0 Å². The van der Waals surface area contributed by atoms with Crippen molar-refractivity contribution in [1.29, 1.82) is 0 Å². The maximum absolute atomic E-state index is 12.9. The van der Waals surface area contributed by atoms with Gasteiger partial charge in [0.1, 0.15) is 0 Å². The maximum Gasteiger partial charge on any atom is 0.0960 e. The Bertz CT molecular complexity index is 274. The van der Waals surface area contributed by atoms with Gasteiger partial charge in [0, 0.05) is 0 Å². The summed E-state index contributed by atoms with van der Waals surface area (Å²) in [5.74, 6) is 1.89. The van der Waals surface area contributed by atoms with Crippen LogP contribution in [0.25, 0.3) is 0 Å². The summed E-state index contributed by atoms with van der Waals surface area (Å²) >= 11 is 0. The van der Waals surface area contributed by atoms with E-state index in [0.717, 1.165) is 25.7 Å². The van der Waals surface area contributed by atoms with Gasteiger partial charge in [-0.2, -0.15) is 0 Å². The molecule has 2 unspecified atom stereocenters. The fourth-order valence-electron chi connectivity index (χ4n) is 2.98. The molecule has 2 aliphatic rings. The van der Waals surface area contributed by atoms with Gasteiger partial charge in [0.2, 0.25) is 0 Å². The molecule has 0 radical (unpaired) electrons. The van der Waals surface area contributed by atoms with Gasteiger partial charge in [-0.1, -0.05) is 19.1 Å². The van der Waals surface area contributed by atoms with Crippen LogP contribution >= 0.6 is 0 Å². The third-order valence-corrected chi connectivity index (χ3v) is 4.28. The molecule has 0 N–H and O–H groups in total. The van der Waals surface area contributed by atoms with Crippen LogP contribution in [0, 0.1) is 17.8 Å². The first-order chi connectivity index (χ1) is 7.66. The normalized spacial score (nSPS) is 32.9. The van der Waals surface area contributed by atoms with E-state index in [9.17, 15) is 8.78 Å². The van der Waals surface area contributed by atoms with Crippen LogP contribution in [0.1, 0.15) is 45.4 Å². The predicted octanol–water partition coefficient (Wildman–Crippen LogP) is 4.93. The van der Waals surface area contributed by atoms with Crippen molar-refractivity contribution >= 4 is 0 Å². The molecule has 0 aromatic carbocycles. The zero-order valence-electron chi connectivity index (χ0n) is 9.89. The van der Waals surface area contributed by atoms with E-state index >= 15 is 0 Å². The highest BCUT2D eigenvalue weighted by Gasteiger charge is 2.28. The van der Waals surface area contributed by atoms with Gasteiger partial charge in [-0.15, -0.1) is 0 Å². The minimum Gasteiger partial charge on any atom is -0.212 e. The highest BCUT2D eigenvalue weighted by atomic mass is 19.1. The van der Waals surface area contributed by atoms with E-state index in [-0.39, 0.29) is 11.7 Å². The van der Waals surface area contributed by atoms with Gasteiger partial charge in [-0.25, -0.2) is 8.78 Å². The van der Waals surface area contributed by atoms with Crippen molar-refractivity contribution in [1.82, 2.24) is 0 Å². The summed E-state index contributed by atoms with van der Waals surface area (Å²) in [6, 6.07) is 0. The van der Waals surface area contributed by atoms with Crippen molar-refractivity contribution < 1.29 is 8.78 Å². The summed E-state index contributed by atoms with van der Waals surface area (Å²) in [6.45, 7) is 2.25. The van der Waals surface area contributed by atoms with Crippen LogP contribution < -0.4 is 0 Å². The summed E-state index contributed by atoms with van der Waals surface area (Å²) < 4.78 is 25.8. The Morgan fingerprint density at radius 2 is 1.44 bits per heavy atom. The summed E-state index contributed by atoms with van der Waals surface area (Å²) in [5.41, 5.74) is 0. The predicted molar refractivity (Wildman–Crippen MR) is 62.2 cm³/mol. The minimum atomic E-state index is 0.0537. The molecule has 2 rings (SSSR count). The van der Waals surface area contributed by atoms with Crippen LogP contribution in [-0.2, 0) is 0 Å². The van der Waals surface area contributed by atoms with E-state index < -0.39 is 0 Å². The standard InChI is InChI=1S/C14H20F2/c1-10(11-2-6-13(15)7-3-11)12-4-8-14(16)9-5-12/h6,8,10-12H,2-5,7,9H2,1H3. The number of hydrogen-bond acceptors (Lipinski definition) is 0. The Balaban J connectivity index is 1.90. The Morgan fingerprint density at radius 1 is 1.00 bits per heavy atom. The molecule has 0 saturated carbocycles. The monoisotopic (exact) mass is 226 g/mol. The molecule has 2 atom stereocenters. The van der Waals surface area contributed by atoms with E-state index in [4.69, 9.17) is 0 Å². The van der Waals surface area contributed by atoms with Crippen LogP contribution in [0.15, 0.2) is 23.8 Å². The van der Waals surface area contributed by atoms with E-state index in [1.807, 2.05) is 0 Å². The van der Waals surface area contributed by atoms with Gasteiger partial charge in [0.15, 0.2) is 0 Å². The van der Waals surface area contributed by atoms with Crippen molar-refractivity contribution in [2.24, 2.45) is 17.8 Å². The Morgan fingerprint density at radius 3 is 1.75 bits per heavy atom. The summed E-state index contributed by atoms with van der Waals surface area (Å²) in [6.07, 6.45) is 8.36. The summed E-state index contributed by atoms with van der Waals surface area (Å²) in [4.78, 5) is 0. The zero-order chi connectivity index (χ0) is 11.5. The maximum atomic E-state index is 12.9. The van der Waals surface area contributed by atoms with Crippen LogP contribution in [0.5, 0.6) is 0 Å². The molecule has 90 valence electrons. The fourth-order valence-corrected chi connectivity index (χ4v) is 2.98. The minimum absolute atomic E-state index is 0.0537. The molecule has 0 bridgehead atoms. The lowest BCUT2D eigenvalue weighted by molar-refractivity contribution is 0.205. The lowest BCUT2D eigenvalue weighted by Gasteiger charge is -2.33. The van der Waals surface area contributed by atoms with Crippen molar-refractivity contribution in [2.45, 2.75) is 45.4 Å². The lowest BCUT2D eigenvalue weighted by atomic mass is 9.73. The van der Waals surface area contributed by atoms with Gasteiger partial charge in [-0.3, -0.25) is 0 Å². The molecule has 2 heteroatoms. The molecule has 0 spiro atoms. The molecule has 16 heavy (non-hydrogen) atoms. The molecule has 0 saturated heterocycles. The van der Waals surface area contributed by atoms with E-state index in [1.54, 1.807) is 12.2 Å². The first-order valence-electron chi connectivity index (χ1n) is 6.36. The van der Waals surface area contributed by atoms with Crippen molar-refractivity contribution in [3.63, 3.8) is 0 Å². The van der Waals surface area contributed by atoms with Gasteiger partial charge >= 0.3 is 0 Å². The Kier molecular flexibility index (Phi) is 3.78. The third-order valence-electron chi connectivity index (χ3n) is 4.28. The topological polar surface area (TPSA) is 0 Å². The molecular formula is C14H20F2. The van der Waals surface area contributed by atoms with Gasteiger partial charge < -0.3 is 0 Å². The third kappa shape index (κ3) is 2.72. The van der Waals surface area contributed by atoms with Gasteiger partial charge in [0.25, 0.3) is 0 Å². The zero-order valence-corrected chi connectivity index (χ0v) is 9.89. The van der Waals surface area contributed by atoms with Crippen LogP contribution in [-0.4, -0.2) is 0 Å². The smallest absolute Gasteiger partial charge is 0.0960 e. The van der Waals surface area contributed by atoms with Gasteiger partial charge in [0.05, 0.1) is 11.7 Å². The molecule has 0 heterocycles. The number of halogens is 2. The SMILES string of the molecule is CC(C1CC=C(F)CC1)C1CC=C(F)CC1. The van der Waals surface area contributed by atoms with Crippen molar-refractivity contribution in [3.05, 3.63) is 23.8 Å². The van der Waals surface area contributed by atoms with E-state index in [2.05, 4.69) is 6.92 Å². The Labute approximate surface area is 96.4 Å². The molecule has 0 nitrogen and oxygen atoms in total. The molecule has 0 aromatic rings. The molecular weight excluding hydrogens is 206 g/mol. The van der Waals surface area contributed by atoms with Crippen LogP contribution in [0.4, 0.5) is 8.78 Å². The molecule has 2 aliphatic carbocycles. The van der Waals surface area contributed by atoms with E-state index in [0.29, 0.717) is 30.6 Å². The molecule has 0 aliphatic heterocycles. The molecule has 0 amide bonds. The van der Waals surface area contributed by atoms with Crippen LogP contribution in [0.2, 0.25) is 0 Å². The van der Waals surface area contributed by atoms with Crippen LogP contribution in [0.3, 0.4) is 0 Å². The number of hydrogen-bond donors (Lipinski definition) is 0. The molecule has 0 aromatic heterocycles. The summed E-state index contributed by atoms with van der Waals surface area (Å²) in [7, 11) is 0. The van der Waals surface area contributed by atoms with Crippen molar-refractivity contribution in [3.8, 4) is 0 Å². The second-order valence-corrected chi connectivity index (χ2v) is 5.23. The Hall–Kier alpha value is -0.660. The highest BCUT2D eigenvalue weighted by molar-refractivity contribution is 5.02. The second kappa shape index (κ2) is 5.11.